The normalized spacial score (nSPS) is 21.4. The first-order valence-corrected chi connectivity index (χ1v) is 8.49. The van der Waals surface area contributed by atoms with Gasteiger partial charge < -0.3 is 15.3 Å². The number of alkyl halides is 3. The smallest absolute Gasteiger partial charge is 0.475 e. The van der Waals surface area contributed by atoms with Gasteiger partial charge in [-0.1, -0.05) is 30.3 Å². The first-order valence-electron chi connectivity index (χ1n) is 8.49. The second-order valence-corrected chi connectivity index (χ2v) is 6.53. The van der Waals surface area contributed by atoms with E-state index in [1.807, 2.05) is 18.2 Å². The summed E-state index contributed by atoms with van der Waals surface area (Å²) in [4.78, 5) is 11.3. The molecule has 1 aromatic carbocycles. The number of carbonyl (C=O) groups is 1. The molecule has 2 saturated heterocycles. The van der Waals surface area contributed by atoms with E-state index in [2.05, 4.69) is 44.7 Å². The minimum absolute atomic E-state index is 0.783. The van der Waals surface area contributed by atoms with Crippen molar-refractivity contribution in [2.24, 2.45) is 11.8 Å². The third-order valence-electron chi connectivity index (χ3n) is 4.68. The van der Waals surface area contributed by atoms with E-state index in [0.717, 1.165) is 55.1 Å². The Hall–Kier alpha value is -2.68. The molecule has 0 saturated carbocycles. The Labute approximate surface area is 154 Å². The van der Waals surface area contributed by atoms with E-state index in [4.69, 9.17) is 9.90 Å². The van der Waals surface area contributed by atoms with Crippen LogP contribution in [0.3, 0.4) is 0 Å². The van der Waals surface area contributed by atoms with Crippen LogP contribution in [0.2, 0.25) is 0 Å². The number of rotatable bonds is 2. The lowest BCUT2D eigenvalue weighted by atomic mass is 10.0. The molecule has 27 heavy (non-hydrogen) atoms. The van der Waals surface area contributed by atoms with E-state index < -0.39 is 12.1 Å². The van der Waals surface area contributed by atoms with Gasteiger partial charge in [-0.15, -0.1) is 10.2 Å². The van der Waals surface area contributed by atoms with Crippen molar-refractivity contribution in [2.75, 3.05) is 31.1 Å². The van der Waals surface area contributed by atoms with Gasteiger partial charge in [-0.2, -0.15) is 13.2 Å². The quantitative estimate of drug-likeness (QED) is 0.833. The highest BCUT2D eigenvalue weighted by molar-refractivity contribution is 5.73. The van der Waals surface area contributed by atoms with Crippen molar-refractivity contribution in [3.8, 4) is 11.3 Å². The van der Waals surface area contributed by atoms with Crippen LogP contribution in [0.15, 0.2) is 42.5 Å². The van der Waals surface area contributed by atoms with Gasteiger partial charge in [0.05, 0.1) is 5.69 Å². The number of hydrogen-bond donors (Lipinski definition) is 2. The Morgan fingerprint density at radius 2 is 1.63 bits per heavy atom. The molecule has 144 valence electrons. The number of nitrogens with one attached hydrogen (secondary N) is 1. The van der Waals surface area contributed by atoms with Gasteiger partial charge in [0.15, 0.2) is 5.82 Å². The molecule has 2 aliphatic heterocycles. The Morgan fingerprint density at radius 3 is 2.11 bits per heavy atom. The number of hydrogen-bond acceptors (Lipinski definition) is 5. The van der Waals surface area contributed by atoms with Crippen molar-refractivity contribution in [3.63, 3.8) is 0 Å². The predicted molar refractivity (Wildman–Crippen MR) is 93.2 cm³/mol. The molecule has 0 aliphatic carbocycles. The lowest BCUT2D eigenvalue weighted by Crippen LogP contribution is -2.26. The third-order valence-corrected chi connectivity index (χ3v) is 4.68. The average molecular weight is 380 g/mol. The number of fused-ring (bicyclic) bond motifs is 1. The monoisotopic (exact) mass is 380 g/mol. The van der Waals surface area contributed by atoms with Crippen LogP contribution in [-0.2, 0) is 4.79 Å². The summed E-state index contributed by atoms with van der Waals surface area (Å²) in [6, 6.07) is 14.4. The van der Waals surface area contributed by atoms with Crippen LogP contribution in [0.1, 0.15) is 0 Å². The topological polar surface area (TPSA) is 78.4 Å². The predicted octanol–water partition coefficient (Wildman–Crippen LogP) is 2.43. The number of carboxylic acids is 1. The maximum absolute atomic E-state index is 10.6. The molecule has 9 heteroatoms. The molecule has 0 radical (unpaired) electrons. The number of aliphatic carboxylic acids is 1. The van der Waals surface area contributed by atoms with Crippen molar-refractivity contribution >= 4 is 11.8 Å². The summed E-state index contributed by atoms with van der Waals surface area (Å²) in [7, 11) is 0. The van der Waals surface area contributed by atoms with Gasteiger partial charge in [0.1, 0.15) is 0 Å². The Bertz CT molecular complexity index is 756. The fourth-order valence-electron chi connectivity index (χ4n) is 3.30. The summed E-state index contributed by atoms with van der Waals surface area (Å²) < 4.78 is 31.7. The summed E-state index contributed by atoms with van der Waals surface area (Å²) in [5, 5.41) is 19.4. The number of anilines is 1. The fraction of sp³-hybridized carbons (Fsp3) is 0.389. The number of halogens is 3. The summed E-state index contributed by atoms with van der Waals surface area (Å²) in [6.07, 6.45) is -5.08. The fourth-order valence-corrected chi connectivity index (χ4v) is 3.30. The van der Waals surface area contributed by atoms with Gasteiger partial charge in [0.2, 0.25) is 0 Å². The largest absolute Gasteiger partial charge is 0.490 e. The van der Waals surface area contributed by atoms with Crippen molar-refractivity contribution in [2.45, 2.75) is 6.18 Å². The van der Waals surface area contributed by atoms with E-state index >= 15 is 0 Å². The van der Waals surface area contributed by atoms with Crippen molar-refractivity contribution in [1.82, 2.24) is 15.5 Å². The molecule has 1 aromatic heterocycles. The van der Waals surface area contributed by atoms with Gasteiger partial charge in [-0.25, -0.2) is 4.79 Å². The Morgan fingerprint density at radius 1 is 1.04 bits per heavy atom. The lowest BCUT2D eigenvalue weighted by molar-refractivity contribution is -0.192. The van der Waals surface area contributed by atoms with Crippen LogP contribution in [0.25, 0.3) is 11.3 Å². The van der Waals surface area contributed by atoms with E-state index in [1.54, 1.807) is 0 Å². The van der Waals surface area contributed by atoms with Crippen LogP contribution in [0.5, 0.6) is 0 Å². The summed E-state index contributed by atoms with van der Waals surface area (Å²) in [5.41, 5.74) is 2.06. The molecule has 6 nitrogen and oxygen atoms in total. The molecule has 2 atom stereocenters. The van der Waals surface area contributed by atoms with Gasteiger partial charge in [0.25, 0.3) is 0 Å². The number of nitrogens with zero attached hydrogens (tertiary/aromatic N) is 3. The number of benzene rings is 1. The molecule has 2 fully saturated rings. The average Bonchev–Trinajstić information content (AvgIpc) is 3.24. The van der Waals surface area contributed by atoms with Crippen molar-refractivity contribution in [1.29, 1.82) is 0 Å². The summed E-state index contributed by atoms with van der Waals surface area (Å²) >= 11 is 0. The van der Waals surface area contributed by atoms with E-state index in [1.165, 1.54) is 0 Å². The van der Waals surface area contributed by atoms with Gasteiger partial charge >= 0.3 is 12.1 Å². The van der Waals surface area contributed by atoms with Crippen LogP contribution < -0.4 is 10.2 Å². The highest BCUT2D eigenvalue weighted by Crippen LogP contribution is 2.29. The van der Waals surface area contributed by atoms with E-state index in [9.17, 15) is 13.2 Å². The number of carboxylic acid groups (broad SMARTS) is 1. The van der Waals surface area contributed by atoms with Crippen LogP contribution in [0, 0.1) is 11.8 Å². The molecule has 0 spiro atoms. The molecule has 2 N–H and O–H groups in total. The molecule has 0 bridgehead atoms. The maximum atomic E-state index is 10.6. The molecule has 2 aromatic rings. The standard InChI is InChI=1S/C16H18N4.C2HF3O2/c1-2-4-12(5-3-1)15-6-7-16(19-18-15)20-10-13-8-17-9-14(13)11-20;3-2(4,5)1(6)7/h1-7,13-14,17H,8-11H2;(H,6,7)/t13-,14+;. The lowest BCUT2D eigenvalue weighted by Gasteiger charge is -2.17. The van der Waals surface area contributed by atoms with E-state index in [0.29, 0.717) is 0 Å². The van der Waals surface area contributed by atoms with Crippen LogP contribution in [0.4, 0.5) is 19.0 Å². The van der Waals surface area contributed by atoms with Crippen LogP contribution in [-0.4, -0.2) is 53.6 Å². The molecule has 0 amide bonds. The summed E-state index contributed by atoms with van der Waals surface area (Å²) in [6.45, 7) is 4.52. The molecular weight excluding hydrogens is 361 g/mol. The van der Waals surface area contributed by atoms with Crippen LogP contribution >= 0.6 is 0 Å². The zero-order valence-corrected chi connectivity index (χ0v) is 14.4. The van der Waals surface area contributed by atoms with Gasteiger partial charge in [0, 0.05) is 31.7 Å². The van der Waals surface area contributed by atoms with Gasteiger partial charge in [-0.3, -0.25) is 0 Å². The molecule has 2 aliphatic rings. The SMILES string of the molecule is O=C(O)C(F)(F)F.c1ccc(-c2ccc(N3C[C@H]4CNC[C@H]4C3)nn2)cc1. The zero-order valence-electron chi connectivity index (χ0n) is 14.4. The minimum Gasteiger partial charge on any atom is -0.475 e. The third kappa shape index (κ3) is 4.73. The first-order chi connectivity index (χ1) is 12.8. The molecular formula is C18H19F3N4O2. The van der Waals surface area contributed by atoms with Gasteiger partial charge in [-0.05, 0) is 24.0 Å². The second kappa shape index (κ2) is 7.91. The highest BCUT2D eigenvalue weighted by Gasteiger charge is 2.38. The van der Waals surface area contributed by atoms with Crippen molar-refractivity contribution < 1.29 is 23.1 Å². The maximum Gasteiger partial charge on any atom is 0.490 e. The Balaban J connectivity index is 0.000000260. The molecule has 0 unspecified atom stereocenters. The zero-order chi connectivity index (χ0) is 19.4. The number of aromatic nitrogens is 2. The molecule has 3 heterocycles. The molecule has 4 rings (SSSR count). The second-order valence-electron chi connectivity index (χ2n) is 6.53. The van der Waals surface area contributed by atoms with E-state index in [-0.39, 0.29) is 0 Å². The first kappa shape index (κ1) is 19.1. The summed E-state index contributed by atoms with van der Waals surface area (Å²) in [5.74, 6) is -0.178. The minimum atomic E-state index is -5.08. The highest BCUT2D eigenvalue weighted by atomic mass is 19.4. The van der Waals surface area contributed by atoms with Crippen molar-refractivity contribution in [3.05, 3.63) is 42.5 Å². The Kier molecular flexibility index (Phi) is 5.59.